The molecule has 5 aromatic rings. The maximum atomic E-state index is 14.5. The lowest BCUT2D eigenvalue weighted by Gasteiger charge is -2.26. The van der Waals surface area contributed by atoms with E-state index in [1.165, 1.54) is 0 Å². The van der Waals surface area contributed by atoms with Gasteiger partial charge in [-0.15, -0.1) is 0 Å². The van der Waals surface area contributed by atoms with E-state index in [0.717, 1.165) is 61.2 Å². The number of benzene rings is 5. The topological polar surface area (TPSA) is 235 Å². The van der Waals surface area contributed by atoms with Crippen molar-refractivity contribution >= 4 is 88.3 Å². The highest BCUT2D eigenvalue weighted by atomic mass is 16.2. The van der Waals surface area contributed by atoms with E-state index >= 15 is 0 Å². The molecule has 1 atom stereocenters. The van der Waals surface area contributed by atoms with Gasteiger partial charge >= 0.3 is 12.1 Å². The van der Waals surface area contributed by atoms with Gasteiger partial charge in [-0.2, -0.15) is 0 Å². The molecule has 0 aliphatic carbocycles. The van der Waals surface area contributed by atoms with Gasteiger partial charge in [-0.1, -0.05) is 97.1 Å². The minimum atomic E-state index is -0.582. The van der Waals surface area contributed by atoms with Gasteiger partial charge in [0.25, 0.3) is 5.91 Å². The van der Waals surface area contributed by atoms with Gasteiger partial charge in [0.2, 0.25) is 5.91 Å². The summed E-state index contributed by atoms with van der Waals surface area (Å²) < 4.78 is 0. The third-order valence-corrected chi connectivity index (χ3v) is 11.6. The number of carbonyl (C=O) groups excluding carboxylic acids is 4. The van der Waals surface area contributed by atoms with Crippen LogP contribution in [0, 0.1) is 5.41 Å². The van der Waals surface area contributed by atoms with Crippen LogP contribution in [-0.2, 0) is 4.79 Å². The van der Waals surface area contributed by atoms with Crippen molar-refractivity contribution < 1.29 is 19.2 Å². The highest BCUT2D eigenvalue weighted by Crippen LogP contribution is 2.38. The number of amides is 6. The lowest BCUT2D eigenvalue weighted by atomic mass is 10.1. The van der Waals surface area contributed by atoms with Gasteiger partial charge in [0, 0.05) is 36.6 Å². The highest BCUT2D eigenvalue weighted by molar-refractivity contribution is 6.13. The Morgan fingerprint density at radius 2 is 0.884 bits per heavy atom. The molecule has 0 radical (unpaired) electrons. The molecule has 2 heterocycles. The standard InChI is InChI=1S/C53H62N12O4/c54-44(18-11-31-61-51(55)56)50(67)60-33-13-30-58-28-10-9-27-57-29-12-32-59-49(66)41-34-42(62-52(68)64-45-19-5-1-14-37(45)23-24-38-15-2-6-20-46(38)64)36-43(35-41)63-53(69)65-47-21-7-3-16-39(47)25-26-40-17-4-8-22-48(40)65/h1-8,14-17,19-26,34-36,44,57-58H,9-13,18,27-33,54H2,(H,59,66)(H,60,67)(H,62,68)(H,63,69)(H4,55,56,61)/t44-/m0/s1. The molecular formula is C53H62N12O4. The molecule has 0 saturated heterocycles. The van der Waals surface area contributed by atoms with Crippen LogP contribution in [0.2, 0.25) is 0 Å². The Morgan fingerprint density at radius 3 is 1.32 bits per heavy atom. The first-order valence-electron chi connectivity index (χ1n) is 23.6. The van der Waals surface area contributed by atoms with E-state index in [-0.39, 0.29) is 23.3 Å². The van der Waals surface area contributed by atoms with Crippen molar-refractivity contribution in [2.24, 2.45) is 11.5 Å². The molecule has 358 valence electrons. The predicted molar refractivity (Wildman–Crippen MR) is 279 cm³/mol. The Labute approximate surface area is 403 Å². The Hall–Kier alpha value is -7.79. The van der Waals surface area contributed by atoms with Gasteiger partial charge < -0.3 is 48.7 Å². The minimum Gasteiger partial charge on any atom is -0.370 e. The number of para-hydroxylation sites is 4. The second-order valence-electron chi connectivity index (χ2n) is 16.8. The lowest BCUT2D eigenvalue weighted by Crippen LogP contribution is -2.42. The molecule has 12 N–H and O–H groups in total. The van der Waals surface area contributed by atoms with Gasteiger partial charge in [0.1, 0.15) is 0 Å². The zero-order valence-corrected chi connectivity index (χ0v) is 38.7. The molecule has 0 spiro atoms. The molecule has 2 aliphatic heterocycles. The number of anilines is 6. The summed E-state index contributed by atoms with van der Waals surface area (Å²) in [7, 11) is 0. The van der Waals surface area contributed by atoms with Crippen molar-refractivity contribution in [1.29, 1.82) is 5.41 Å². The Bertz CT molecular complexity index is 2430. The van der Waals surface area contributed by atoms with Gasteiger partial charge in [0.15, 0.2) is 5.96 Å². The largest absolute Gasteiger partial charge is 0.370 e. The van der Waals surface area contributed by atoms with Crippen molar-refractivity contribution in [3.63, 3.8) is 0 Å². The number of carbonyl (C=O) groups is 4. The third-order valence-electron chi connectivity index (χ3n) is 11.6. The maximum Gasteiger partial charge on any atom is 0.330 e. The summed E-state index contributed by atoms with van der Waals surface area (Å²) in [6.07, 6.45) is 12.6. The highest BCUT2D eigenvalue weighted by Gasteiger charge is 2.27. The number of rotatable bonds is 21. The molecule has 16 nitrogen and oxygen atoms in total. The van der Waals surface area contributed by atoms with Crippen LogP contribution >= 0.6 is 0 Å². The second-order valence-corrected chi connectivity index (χ2v) is 16.8. The number of nitrogens with one attached hydrogen (secondary N) is 8. The molecule has 2 aliphatic rings. The first-order valence-corrected chi connectivity index (χ1v) is 23.6. The quantitative estimate of drug-likeness (QED) is 0.0198. The molecule has 0 bridgehead atoms. The number of nitrogens with two attached hydrogens (primary N) is 2. The summed E-state index contributed by atoms with van der Waals surface area (Å²) in [6, 6.07) is 34.1. The molecule has 0 fully saturated rings. The lowest BCUT2D eigenvalue weighted by molar-refractivity contribution is -0.122. The SMILES string of the molecule is N=C(N)NCCC[C@H](N)C(=O)NCCCNCCCCNCCCNC(=O)c1cc(NC(=O)N2c3ccccc3C=Cc3ccccc32)cc(NC(=O)N2c3ccccc3C=Cc3ccccc32)c1. The second kappa shape index (κ2) is 24.8. The number of fused-ring (bicyclic) bond motifs is 4. The van der Waals surface area contributed by atoms with Crippen LogP contribution in [0.15, 0.2) is 115 Å². The number of guanidine groups is 1. The van der Waals surface area contributed by atoms with Gasteiger partial charge in [-0.3, -0.25) is 24.8 Å². The van der Waals surface area contributed by atoms with Crippen LogP contribution in [0.25, 0.3) is 24.3 Å². The molecule has 0 aromatic heterocycles. The molecular weight excluding hydrogens is 869 g/mol. The molecule has 16 heteroatoms. The van der Waals surface area contributed by atoms with Crippen LogP contribution in [-0.4, -0.2) is 81.7 Å². The van der Waals surface area contributed by atoms with E-state index in [0.29, 0.717) is 79.6 Å². The number of nitrogens with zero attached hydrogens (tertiary/aromatic N) is 2. The van der Waals surface area contributed by atoms with Crippen molar-refractivity contribution in [2.45, 2.75) is 44.6 Å². The maximum absolute atomic E-state index is 14.5. The van der Waals surface area contributed by atoms with Crippen LogP contribution in [0.1, 0.15) is 71.1 Å². The van der Waals surface area contributed by atoms with Crippen molar-refractivity contribution in [2.75, 3.05) is 66.2 Å². The van der Waals surface area contributed by atoms with Gasteiger partial charge in [-0.05, 0) is 129 Å². The zero-order valence-electron chi connectivity index (χ0n) is 38.7. The average Bonchev–Trinajstić information content (AvgIpc) is 3.63. The van der Waals surface area contributed by atoms with Crippen LogP contribution in [0.5, 0.6) is 0 Å². The molecule has 69 heavy (non-hydrogen) atoms. The number of urea groups is 2. The number of hydrogen-bond acceptors (Lipinski definition) is 8. The molecule has 6 amide bonds. The summed E-state index contributed by atoms with van der Waals surface area (Å²) in [5.74, 6) is -0.615. The van der Waals surface area contributed by atoms with Crippen molar-refractivity contribution in [1.82, 2.24) is 26.6 Å². The van der Waals surface area contributed by atoms with Crippen LogP contribution < -0.4 is 58.5 Å². The third kappa shape index (κ3) is 13.7. The first kappa shape index (κ1) is 49.1. The smallest absolute Gasteiger partial charge is 0.330 e. The number of unbranched alkanes of at least 4 members (excludes halogenated alkanes) is 1. The van der Waals surface area contributed by atoms with E-state index < -0.39 is 18.1 Å². The first-order chi connectivity index (χ1) is 33.7. The minimum absolute atomic E-state index is 0.0939. The van der Waals surface area contributed by atoms with Crippen LogP contribution in [0.3, 0.4) is 0 Å². The monoisotopic (exact) mass is 931 g/mol. The fourth-order valence-electron chi connectivity index (χ4n) is 8.15. The van der Waals surface area contributed by atoms with Crippen molar-refractivity contribution in [3.05, 3.63) is 143 Å². The average molecular weight is 931 g/mol. The van der Waals surface area contributed by atoms with E-state index in [1.54, 1.807) is 28.0 Å². The summed E-state index contributed by atoms with van der Waals surface area (Å²) >= 11 is 0. The predicted octanol–water partition coefficient (Wildman–Crippen LogP) is 7.57. The van der Waals surface area contributed by atoms with Crippen LogP contribution in [0.4, 0.5) is 43.7 Å². The molecule has 7 rings (SSSR count). The molecule has 5 aromatic carbocycles. The summed E-state index contributed by atoms with van der Waals surface area (Å²) in [5, 5.41) is 28.7. The zero-order chi connectivity index (χ0) is 48.4. The van der Waals surface area contributed by atoms with Gasteiger partial charge in [-0.25, -0.2) is 9.59 Å². The van der Waals surface area contributed by atoms with E-state index in [2.05, 4.69) is 37.2 Å². The Balaban J connectivity index is 0.932. The fraction of sp³-hybridized carbons (Fsp3) is 0.264. The van der Waals surface area contributed by atoms with E-state index in [4.69, 9.17) is 16.9 Å². The Morgan fingerprint density at radius 1 is 0.493 bits per heavy atom. The molecule has 0 saturated carbocycles. The summed E-state index contributed by atoms with van der Waals surface area (Å²) in [6.45, 7) is 4.66. The van der Waals surface area contributed by atoms with E-state index in [9.17, 15) is 19.2 Å². The normalized spacial score (nSPS) is 12.5. The summed E-state index contributed by atoms with van der Waals surface area (Å²) in [5.41, 5.74) is 18.4. The summed E-state index contributed by atoms with van der Waals surface area (Å²) in [4.78, 5) is 58.2. The fourth-order valence-corrected chi connectivity index (χ4v) is 8.15. The van der Waals surface area contributed by atoms with E-state index in [1.807, 2.05) is 121 Å². The Kier molecular flexibility index (Phi) is 17.7. The van der Waals surface area contributed by atoms with Crippen molar-refractivity contribution in [3.8, 4) is 0 Å². The number of hydrogen-bond donors (Lipinski definition) is 10. The molecule has 0 unspecified atom stereocenters. The van der Waals surface area contributed by atoms with Gasteiger partial charge in [0.05, 0.1) is 28.8 Å².